The predicted octanol–water partition coefficient (Wildman–Crippen LogP) is 2.90. The number of alkyl halides is 1. The lowest BCUT2D eigenvalue weighted by molar-refractivity contribution is -0.384. The zero-order valence-electron chi connectivity index (χ0n) is 16.4. The first-order chi connectivity index (χ1) is 14.7. The van der Waals surface area contributed by atoms with Crippen molar-refractivity contribution in [3.05, 3.63) is 50.5 Å². The van der Waals surface area contributed by atoms with Crippen LogP contribution >= 0.6 is 34.4 Å². The van der Waals surface area contributed by atoms with E-state index in [1.165, 1.54) is 40.9 Å². The van der Waals surface area contributed by atoms with Crippen LogP contribution < -0.4 is 5.32 Å². The van der Waals surface area contributed by atoms with Gasteiger partial charge in [0.15, 0.2) is 0 Å². The minimum absolute atomic E-state index is 0.0279. The molecule has 1 fully saturated rings. The number of rotatable bonds is 9. The van der Waals surface area contributed by atoms with Crippen molar-refractivity contribution >= 4 is 58.0 Å². The number of carbonyl (C=O) groups is 3. The lowest BCUT2D eigenvalue weighted by Crippen LogP contribution is -2.60. The number of carboxylic acid groups (broad SMARTS) is 1. The van der Waals surface area contributed by atoms with Crippen LogP contribution in [0.2, 0.25) is 0 Å². The standard InChI is InChI=1S/C19H20IN3O7S/c1-10(20)15-13-8-14(16(18(25)26)22(13)17(15)24)31-7-6-21-19(27)30-9-11-2-4-12(5-3-11)23(28)29/h2-5,10,13,15H,6-9H2,1H3,(H,21,27)(H,25,26). The lowest BCUT2D eigenvalue weighted by atomic mass is 9.85. The van der Waals surface area contributed by atoms with E-state index in [9.17, 15) is 29.6 Å². The molecule has 2 aliphatic rings. The molecule has 2 amide bonds. The minimum atomic E-state index is -1.12. The number of non-ortho nitro benzene ring substituents is 1. The molecule has 2 N–H and O–H groups in total. The monoisotopic (exact) mass is 561 g/mol. The maximum atomic E-state index is 12.3. The first-order valence-corrected chi connectivity index (χ1v) is 11.6. The molecule has 2 heterocycles. The summed E-state index contributed by atoms with van der Waals surface area (Å²) >= 11 is 3.50. The molecule has 31 heavy (non-hydrogen) atoms. The van der Waals surface area contributed by atoms with E-state index >= 15 is 0 Å². The van der Waals surface area contributed by atoms with Gasteiger partial charge in [0.1, 0.15) is 12.3 Å². The zero-order valence-corrected chi connectivity index (χ0v) is 19.4. The number of hydrogen-bond donors (Lipinski definition) is 2. The number of aliphatic carboxylic acids is 1. The molecule has 3 atom stereocenters. The minimum Gasteiger partial charge on any atom is -0.477 e. The number of thioether (sulfide) groups is 1. The number of hydrogen-bond acceptors (Lipinski definition) is 7. The molecular formula is C19H20IN3O7S. The topological polar surface area (TPSA) is 139 Å². The molecule has 12 heteroatoms. The summed E-state index contributed by atoms with van der Waals surface area (Å²) in [6.45, 7) is 2.17. The summed E-state index contributed by atoms with van der Waals surface area (Å²) in [4.78, 5) is 47.9. The van der Waals surface area contributed by atoms with Crippen molar-refractivity contribution in [2.45, 2.75) is 29.9 Å². The van der Waals surface area contributed by atoms with Crippen molar-refractivity contribution < 1.29 is 29.2 Å². The van der Waals surface area contributed by atoms with Crippen LogP contribution in [0.15, 0.2) is 34.9 Å². The molecule has 0 radical (unpaired) electrons. The number of nitro benzene ring substituents is 1. The van der Waals surface area contributed by atoms with E-state index < -0.39 is 17.0 Å². The third kappa shape index (κ3) is 5.11. The van der Waals surface area contributed by atoms with Crippen LogP contribution in [0.3, 0.4) is 0 Å². The van der Waals surface area contributed by atoms with Crippen LogP contribution in [0, 0.1) is 16.0 Å². The highest BCUT2D eigenvalue weighted by Gasteiger charge is 2.56. The molecule has 3 unspecified atom stereocenters. The fraction of sp³-hybridized carbons (Fsp3) is 0.421. The van der Waals surface area contributed by atoms with Crippen molar-refractivity contribution in [2.24, 2.45) is 5.92 Å². The number of alkyl carbamates (subject to hydrolysis) is 1. The predicted molar refractivity (Wildman–Crippen MR) is 121 cm³/mol. The van der Waals surface area contributed by atoms with Crippen LogP contribution in [0.4, 0.5) is 10.5 Å². The summed E-state index contributed by atoms with van der Waals surface area (Å²) in [6.07, 6.45) is -0.128. The normalized spacial score (nSPS) is 20.7. The second kappa shape index (κ2) is 9.85. The van der Waals surface area contributed by atoms with Crippen molar-refractivity contribution in [2.75, 3.05) is 12.3 Å². The van der Waals surface area contributed by atoms with Crippen LogP contribution in [-0.2, 0) is 20.9 Å². The van der Waals surface area contributed by atoms with Gasteiger partial charge >= 0.3 is 12.1 Å². The molecule has 3 rings (SSSR count). The van der Waals surface area contributed by atoms with Crippen molar-refractivity contribution in [3.63, 3.8) is 0 Å². The number of nitro groups is 1. The van der Waals surface area contributed by atoms with E-state index in [1.54, 1.807) is 0 Å². The number of nitrogens with one attached hydrogen (secondary N) is 1. The Labute approximate surface area is 195 Å². The van der Waals surface area contributed by atoms with Gasteiger partial charge in [-0.25, -0.2) is 9.59 Å². The molecule has 10 nitrogen and oxygen atoms in total. The average molecular weight is 561 g/mol. The lowest BCUT2D eigenvalue weighted by Gasteiger charge is -2.44. The Kier molecular flexibility index (Phi) is 7.41. The molecule has 0 aromatic heterocycles. The third-order valence-electron chi connectivity index (χ3n) is 5.03. The molecule has 1 aromatic carbocycles. The van der Waals surface area contributed by atoms with E-state index in [-0.39, 0.29) is 46.3 Å². The number of carbonyl (C=O) groups excluding carboxylic acids is 2. The van der Waals surface area contributed by atoms with Crippen LogP contribution in [0.1, 0.15) is 18.9 Å². The van der Waals surface area contributed by atoms with Gasteiger partial charge in [-0.05, 0) is 17.7 Å². The second-order valence-electron chi connectivity index (χ2n) is 7.03. The highest BCUT2D eigenvalue weighted by molar-refractivity contribution is 14.1. The molecule has 2 aliphatic heterocycles. The van der Waals surface area contributed by atoms with E-state index in [0.717, 1.165) is 0 Å². The van der Waals surface area contributed by atoms with Crippen LogP contribution in [0.5, 0.6) is 0 Å². The number of fused-ring (bicyclic) bond motifs is 1. The summed E-state index contributed by atoms with van der Waals surface area (Å²) in [7, 11) is 0. The van der Waals surface area contributed by atoms with Crippen LogP contribution in [-0.4, -0.2) is 55.2 Å². The van der Waals surface area contributed by atoms with E-state index in [2.05, 4.69) is 27.9 Å². The van der Waals surface area contributed by atoms with E-state index in [0.29, 0.717) is 22.6 Å². The number of halogens is 1. The molecule has 1 aromatic rings. The summed E-state index contributed by atoms with van der Waals surface area (Å²) in [6, 6.07) is 5.58. The van der Waals surface area contributed by atoms with Gasteiger partial charge in [-0.3, -0.25) is 14.9 Å². The van der Waals surface area contributed by atoms with Gasteiger partial charge in [-0.2, -0.15) is 0 Å². The molecule has 166 valence electrons. The molecule has 0 spiro atoms. The van der Waals surface area contributed by atoms with Gasteiger partial charge in [-0.1, -0.05) is 29.5 Å². The number of ether oxygens (including phenoxy) is 1. The molecule has 1 saturated heterocycles. The number of β-lactam (4-membered cyclic amide) rings is 1. The first kappa shape index (κ1) is 23.3. The smallest absolute Gasteiger partial charge is 0.407 e. The van der Waals surface area contributed by atoms with Crippen molar-refractivity contribution in [1.29, 1.82) is 0 Å². The fourth-order valence-corrected chi connectivity index (χ4v) is 5.42. The SMILES string of the molecule is CC(I)C1C(=O)N2C(C(=O)O)=C(SCCNC(=O)OCc3ccc([N+](=O)[O-])cc3)CC12. The largest absolute Gasteiger partial charge is 0.477 e. The molecular weight excluding hydrogens is 541 g/mol. The number of carboxylic acids is 1. The Morgan fingerprint density at radius 1 is 1.42 bits per heavy atom. The molecule has 0 aliphatic carbocycles. The Morgan fingerprint density at radius 3 is 2.68 bits per heavy atom. The highest BCUT2D eigenvalue weighted by Crippen LogP contribution is 2.48. The van der Waals surface area contributed by atoms with Gasteiger partial charge in [0.2, 0.25) is 5.91 Å². The zero-order chi connectivity index (χ0) is 22.7. The van der Waals surface area contributed by atoms with E-state index in [4.69, 9.17) is 4.74 Å². The van der Waals surface area contributed by atoms with Gasteiger partial charge in [0, 0.05) is 39.7 Å². The van der Waals surface area contributed by atoms with Crippen LogP contribution in [0.25, 0.3) is 0 Å². The van der Waals surface area contributed by atoms with Crippen molar-refractivity contribution in [1.82, 2.24) is 10.2 Å². The van der Waals surface area contributed by atoms with E-state index in [1.807, 2.05) is 6.92 Å². The van der Waals surface area contributed by atoms with Gasteiger partial charge in [0.25, 0.3) is 5.69 Å². The number of nitrogens with zero attached hydrogens (tertiary/aromatic N) is 2. The van der Waals surface area contributed by atoms with Crippen molar-refractivity contribution in [3.8, 4) is 0 Å². The summed E-state index contributed by atoms with van der Waals surface area (Å²) < 4.78 is 5.19. The summed E-state index contributed by atoms with van der Waals surface area (Å²) in [5.74, 6) is -1.00. The Morgan fingerprint density at radius 2 is 2.10 bits per heavy atom. The maximum Gasteiger partial charge on any atom is 0.407 e. The highest BCUT2D eigenvalue weighted by atomic mass is 127. The fourth-order valence-electron chi connectivity index (χ4n) is 3.58. The summed E-state index contributed by atoms with van der Waals surface area (Å²) in [5.41, 5.74) is 0.623. The maximum absolute atomic E-state index is 12.3. The average Bonchev–Trinajstić information content (AvgIpc) is 3.04. The second-order valence-corrected chi connectivity index (χ2v) is 10.2. The third-order valence-corrected chi connectivity index (χ3v) is 6.92. The first-order valence-electron chi connectivity index (χ1n) is 9.41. The van der Waals surface area contributed by atoms with Gasteiger partial charge < -0.3 is 20.1 Å². The quantitative estimate of drug-likeness (QED) is 0.117. The van der Waals surface area contributed by atoms with Gasteiger partial charge in [-0.15, -0.1) is 11.8 Å². The van der Waals surface area contributed by atoms with Gasteiger partial charge in [0.05, 0.1) is 16.9 Å². The Hall–Kier alpha value is -2.35. The number of amides is 2. The number of benzene rings is 1. The Bertz CT molecular complexity index is 935. The molecule has 0 bridgehead atoms. The Balaban J connectivity index is 1.44. The molecule has 0 saturated carbocycles. The summed E-state index contributed by atoms with van der Waals surface area (Å²) in [5, 5.41) is 22.7.